The highest BCUT2D eigenvalue weighted by Gasteiger charge is 2.27. The monoisotopic (exact) mass is 267 g/mol. The average molecular weight is 267 g/mol. The first kappa shape index (κ1) is 14.4. The topological polar surface area (TPSA) is 62.4 Å². The highest BCUT2D eigenvalue weighted by atomic mass is 19.1. The van der Waals surface area contributed by atoms with E-state index in [-0.39, 0.29) is 18.0 Å². The summed E-state index contributed by atoms with van der Waals surface area (Å²) in [6.07, 6.45) is 3.73. The van der Waals surface area contributed by atoms with Crippen molar-refractivity contribution >= 4 is 0 Å². The maximum atomic E-state index is 12.8. The van der Waals surface area contributed by atoms with E-state index in [0.717, 1.165) is 38.0 Å². The third kappa shape index (κ3) is 4.23. The van der Waals surface area contributed by atoms with Crippen LogP contribution in [0.1, 0.15) is 31.0 Å². The van der Waals surface area contributed by atoms with Gasteiger partial charge in [-0.1, -0.05) is 0 Å². The lowest BCUT2D eigenvalue weighted by atomic mass is 9.82. The second-order valence-electron chi connectivity index (χ2n) is 5.55. The highest BCUT2D eigenvalue weighted by Crippen LogP contribution is 2.27. The van der Waals surface area contributed by atoms with Crippen molar-refractivity contribution < 1.29 is 9.50 Å². The van der Waals surface area contributed by atoms with Gasteiger partial charge in [0.2, 0.25) is 0 Å². The molecule has 1 aromatic heterocycles. The van der Waals surface area contributed by atoms with E-state index in [4.69, 9.17) is 5.73 Å². The predicted octanol–water partition coefficient (Wildman–Crippen LogP) is 1.31. The van der Waals surface area contributed by atoms with Gasteiger partial charge < -0.3 is 15.7 Å². The smallest absolute Gasteiger partial charge is 0.141 e. The molecule has 19 heavy (non-hydrogen) atoms. The van der Waals surface area contributed by atoms with Crippen LogP contribution in [0.15, 0.2) is 18.3 Å². The zero-order valence-electron chi connectivity index (χ0n) is 11.3. The van der Waals surface area contributed by atoms with Crippen LogP contribution >= 0.6 is 0 Å². The summed E-state index contributed by atoms with van der Waals surface area (Å²) in [6, 6.07) is 2.87. The molecule has 106 valence electrons. The second kappa shape index (κ2) is 6.41. The molecule has 4 nitrogen and oxygen atoms in total. The van der Waals surface area contributed by atoms with E-state index in [0.29, 0.717) is 5.92 Å². The fourth-order valence-corrected chi connectivity index (χ4v) is 2.50. The van der Waals surface area contributed by atoms with Gasteiger partial charge in [0.1, 0.15) is 5.82 Å². The van der Waals surface area contributed by atoms with Crippen LogP contribution in [0, 0.1) is 11.7 Å². The molecule has 0 bridgehead atoms. The molecule has 1 aliphatic carbocycles. The van der Waals surface area contributed by atoms with Crippen LogP contribution in [0.5, 0.6) is 0 Å². The van der Waals surface area contributed by atoms with Gasteiger partial charge in [0.05, 0.1) is 18.0 Å². The summed E-state index contributed by atoms with van der Waals surface area (Å²) in [4.78, 5) is 6.24. The van der Waals surface area contributed by atoms with Gasteiger partial charge in [-0.25, -0.2) is 4.39 Å². The molecular weight excluding hydrogens is 245 g/mol. The molecule has 0 radical (unpaired) electrons. The molecule has 1 heterocycles. The van der Waals surface area contributed by atoms with Crippen LogP contribution in [0.25, 0.3) is 0 Å². The number of aliphatic hydroxyl groups is 1. The molecule has 1 aromatic rings. The molecule has 5 heteroatoms. The fourth-order valence-electron chi connectivity index (χ4n) is 2.50. The summed E-state index contributed by atoms with van der Waals surface area (Å²) < 4.78 is 12.8. The summed E-state index contributed by atoms with van der Waals surface area (Å²) >= 11 is 0. The van der Waals surface area contributed by atoms with Gasteiger partial charge in [-0.05, 0) is 50.9 Å². The number of hydrogen-bond donors (Lipinski definition) is 2. The van der Waals surface area contributed by atoms with Crippen molar-refractivity contribution in [1.82, 2.24) is 9.88 Å². The summed E-state index contributed by atoms with van der Waals surface area (Å²) in [7, 11) is 2.06. The summed E-state index contributed by atoms with van der Waals surface area (Å²) in [5.74, 6) is 0.275. The Labute approximate surface area is 113 Å². The minimum atomic E-state index is -0.336. The molecule has 0 aromatic carbocycles. The normalized spacial score (nSPS) is 24.3. The van der Waals surface area contributed by atoms with Crippen molar-refractivity contribution in [2.75, 3.05) is 20.1 Å². The van der Waals surface area contributed by atoms with Gasteiger partial charge >= 0.3 is 0 Å². The van der Waals surface area contributed by atoms with Crippen LogP contribution in [0.3, 0.4) is 0 Å². The Kier molecular flexibility index (Phi) is 4.85. The first-order chi connectivity index (χ1) is 9.04. The molecule has 2 rings (SSSR count). The molecule has 1 fully saturated rings. The predicted molar refractivity (Wildman–Crippen MR) is 72.0 cm³/mol. The van der Waals surface area contributed by atoms with E-state index < -0.39 is 0 Å². The number of hydrogen-bond acceptors (Lipinski definition) is 4. The second-order valence-corrected chi connectivity index (χ2v) is 5.55. The Balaban J connectivity index is 1.70. The quantitative estimate of drug-likeness (QED) is 0.816. The van der Waals surface area contributed by atoms with Gasteiger partial charge in [0.25, 0.3) is 0 Å². The van der Waals surface area contributed by atoms with E-state index in [2.05, 4.69) is 16.9 Å². The number of nitrogens with two attached hydrogens (primary N) is 1. The SMILES string of the molecule is CN(CCC(N)c1ccc(F)cn1)CC1CC(O)C1. The molecule has 1 aliphatic rings. The third-order valence-electron chi connectivity index (χ3n) is 3.73. The summed E-state index contributed by atoms with van der Waals surface area (Å²) in [6.45, 7) is 1.88. The number of pyridine rings is 1. The zero-order valence-corrected chi connectivity index (χ0v) is 11.3. The number of aromatic nitrogens is 1. The molecular formula is C14H22FN3O. The first-order valence-corrected chi connectivity index (χ1v) is 6.78. The maximum Gasteiger partial charge on any atom is 0.141 e. The van der Waals surface area contributed by atoms with Crippen LogP contribution in [0.4, 0.5) is 4.39 Å². The Morgan fingerprint density at radius 1 is 1.53 bits per heavy atom. The minimum absolute atomic E-state index is 0.0935. The van der Waals surface area contributed by atoms with Gasteiger partial charge in [-0.15, -0.1) is 0 Å². The molecule has 0 aliphatic heterocycles. The Morgan fingerprint density at radius 2 is 2.26 bits per heavy atom. The standard InChI is InChI=1S/C14H22FN3O/c1-18(9-10-6-12(19)7-10)5-4-13(16)14-3-2-11(15)8-17-14/h2-3,8,10,12-13,19H,4-7,9,16H2,1H3. The lowest BCUT2D eigenvalue weighted by molar-refractivity contribution is 0.0280. The van der Waals surface area contributed by atoms with Crippen LogP contribution in [-0.4, -0.2) is 41.2 Å². The molecule has 1 unspecified atom stereocenters. The van der Waals surface area contributed by atoms with E-state index in [9.17, 15) is 9.50 Å². The minimum Gasteiger partial charge on any atom is -0.393 e. The van der Waals surface area contributed by atoms with Crippen LogP contribution in [-0.2, 0) is 0 Å². The first-order valence-electron chi connectivity index (χ1n) is 6.78. The Morgan fingerprint density at radius 3 is 2.84 bits per heavy atom. The molecule has 0 amide bonds. The molecule has 3 N–H and O–H groups in total. The zero-order chi connectivity index (χ0) is 13.8. The third-order valence-corrected chi connectivity index (χ3v) is 3.73. The maximum absolute atomic E-state index is 12.8. The van der Waals surface area contributed by atoms with Gasteiger partial charge in [0.15, 0.2) is 0 Å². The lowest BCUT2D eigenvalue weighted by Crippen LogP contribution is -2.37. The van der Waals surface area contributed by atoms with Crippen molar-refractivity contribution in [2.45, 2.75) is 31.4 Å². The van der Waals surface area contributed by atoms with Gasteiger partial charge in [-0.2, -0.15) is 0 Å². The van der Waals surface area contributed by atoms with Crippen LogP contribution < -0.4 is 5.73 Å². The van der Waals surface area contributed by atoms with Crippen molar-refractivity contribution in [3.8, 4) is 0 Å². The van der Waals surface area contributed by atoms with E-state index in [1.54, 1.807) is 6.07 Å². The Bertz CT molecular complexity index is 392. The number of aliphatic hydroxyl groups excluding tert-OH is 1. The summed E-state index contributed by atoms with van der Waals surface area (Å²) in [5, 5.41) is 9.24. The average Bonchev–Trinajstić information content (AvgIpc) is 2.35. The molecule has 0 spiro atoms. The fraction of sp³-hybridized carbons (Fsp3) is 0.643. The van der Waals surface area contributed by atoms with Crippen molar-refractivity contribution in [3.63, 3.8) is 0 Å². The number of nitrogens with zero attached hydrogens (tertiary/aromatic N) is 2. The van der Waals surface area contributed by atoms with E-state index in [1.165, 1.54) is 12.3 Å². The molecule has 1 atom stereocenters. The van der Waals surface area contributed by atoms with Gasteiger partial charge in [-0.3, -0.25) is 4.98 Å². The Hall–Kier alpha value is -1.04. The van der Waals surface area contributed by atoms with Crippen LogP contribution in [0.2, 0.25) is 0 Å². The van der Waals surface area contributed by atoms with E-state index >= 15 is 0 Å². The largest absolute Gasteiger partial charge is 0.393 e. The van der Waals surface area contributed by atoms with Crippen molar-refractivity contribution in [2.24, 2.45) is 11.7 Å². The highest BCUT2D eigenvalue weighted by molar-refractivity contribution is 5.09. The lowest BCUT2D eigenvalue weighted by Gasteiger charge is -2.34. The van der Waals surface area contributed by atoms with Crippen molar-refractivity contribution in [3.05, 3.63) is 29.8 Å². The number of halogens is 1. The van der Waals surface area contributed by atoms with Crippen molar-refractivity contribution in [1.29, 1.82) is 0 Å². The number of rotatable bonds is 6. The summed E-state index contributed by atoms with van der Waals surface area (Å²) in [5.41, 5.74) is 6.77. The van der Waals surface area contributed by atoms with Gasteiger partial charge in [0, 0.05) is 12.6 Å². The molecule has 1 saturated carbocycles. The van der Waals surface area contributed by atoms with E-state index in [1.807, 2.05) is 0 Å². The molecule has 0 saturated heterocycles.